The molecule has 2 heterocycles. The molecule has 8 heteroatoms. The molecule has 0 spiro atoms. The highest BCUT2D eigenvalue weighted by atomic mass is 16.5. The first kappa shape index (κ1) is 22.3. The molecule has 0 saturated heterocycles. The van der Waals surface area contributed by atoms with Gasteiger partial charge in [0.05, 0.1) is 12.2 Å². The number of nitrogens with zero attached hydrogens (tertiary/aromatic N) is 4. The molecule has 170 valence electrons. The Morgan fingerprint density at radius 2 is 1.76 bits per heavy atom. The second kappa shape index (κ2) is 9.28. The Hall–Kier alpha value is -3.94. The molecule has 0 saturated carbocycles. The van der Waals surface area contributed by atoms with Crippen LogP contribution in [0.5, 0.6) is 0 Å². The molecular formula is C25H27N5O3. The van der Waals surface area contributed by atoms with E-state index in [1.165, 1.54) is 6.33 Å². The largest absolute Gasteiger partial charge is 0.463 e. The summed E-state index contributed by atoms with van der Waals surface area (Å²) in [5, 5.41) is 7.35. The smallest absolute Gasteiger partial charge is 0.338 e. The number of fused-ring (bicyclic) bond motifs is 1. The normalized spacial score (nSPS) is 15.3. The zero-order valence-electron chi connectivity index (χ0n) is 19.2. The van der Waals surface area contributed by atoms with E-state index in [9.17, 15) is 9.59 Å². The van der Waals surface area contributed by atoms with E-state index in [1.54, 1.807) is 16.5 Å². The van der Waals surface area contributed by atoms with Crippen LogP contribution in [0.3, 0.4) is 0 Å². The van der Waals surface area contributed by atoms with Crippen molar-refractivity contribution in [1.29, 1.82) is 0 Å². The van der Waals surface area contributed by atoms with Gasteiger partial charge in [-0.1, -0.05) is 36.4 Å². The van der Waals surface area contributed by atoms with Crippen molar-refractivity contribution < 1.29 is 14.3 Å². The molecule has 1 atom stereocenters. The molecule has 3 aromatic rings. The van der Waals surface area contributed by atoms with E-state index in [-0.39, 0.29) is 19.1 Å². The number of hydrogen-bond donors (Lipinski definition) is 1. The monoisotopic (exact) mass is 445 g/mol. The first-order chi connectivity index (χ1) is 15.9. The molecule has 4 rings (SSSR count). The molecule has 0 unspecified atom stereocenters. The van der Waals surface area contributed by atoms with Crippen LogP contribution in [0, 0.1) is 13.8 Å². The lowest BCUT2D eigenvalue weighted by atomic mass is 9.95. The number of amides is 1. The molecule has 2 aromatic carbocycles. The highest BCUT2D eigenvalue weighted by Crippen LogP contribution is 2.38. The fraction of sp³-hybridized carbons (Fsp3) is 0.280. The van der Waals surface area contributed by atoms with Crippen molar-refractivity contribution in [3.63, 3.8) is 0 Å². The zero-order chi connectivity index (χ0) is 23.5. The molecule has 1 aromatic heterocycles. The number of carbonyl (C=O) groups is 2. The minimum absolute atomic E-state index is 0.0259. The average Bonchev–Trinajstić information content (AvgIpc) is 3.24. The maximum Gasteiger partial charge on any atom is 0.338 e. The Balaban J connectivity index is 1.71. The molecule has 8 nitrogen and oxygen atoms in total. The SMILES string of the molecule is CCOC(=O)C1=C(C)N(CC(=O)Nc2cc(C)cc(C)c2)c2ncnn2[C@@H]1c1ccccc1. The third kappa shape index (κ3) is 4.50. The number of nitrogens with one attached hydrogen (secondary N) is 1. The lowest BCUT2D eigenvalue weighted by molar-refractivity contribution is -0.139. The quantitative estimate of drug-likeness (QED) is 0.581. The van der Waals surface area contributed by atoms with Crippen LogP contribution in [0.4, 0.5) is 11.6 Å². The van der Waals surface area contributed by atoms with E-state index < -0.39 is 12.0 Å². The van der Waals surface area contributed by atoms with Crippen LogP contribution in [0.1, 0.15) is 36.6 Å². The topological polar surface area (TPSA) is 89.3 Å². The summed E-state index contributed by atoms with van der Waals surface area (Å²) in [5.74, 6) is -0.176. The number of ether oxygens (including phenoxy) is 1. The number of benzene rings is 2. The second-order valence-electron chi connectivity index (χ2n) is 8.05. The first-order valence-electron chi connectivity index (χ1n) is 10.9. The van der Waals surface area contributed by atoms with Gasteiger partial charge < -0.3 is 15.0 Å². The Labute approximate surface area is 192 Å². The molecule has 1 aliphatic rings. The van der Waals surface area contributed by atoms with Crippen molar-refractivity contribution in [2.45, 2.75) is 33.7 Å². The van der Waals surface area contributed by atoms with Crippen LogP contribution in [-0.2, 0) is 14.3 Å². The van der Waals surface area contributed by atoms with Crippen molar-refractivity contribution in [3.8, 4) is 0 Å². The molecule has 33 heavy (non-hydrogen) atoms. The van der Waals surface area contributed by atoms with Crippen molar-refractivity contribution in [3.05, 3.63) is 82.8 Å². The lowest BCUT2D eigenvalue weighted by Gasteiger charge is -2.35. The molecule has 0 fully saturated rings. The fourth-order valence-corrected chi connectivity index (χ4v) is 4.23. The standard InChI is InChI=1S/C25H27N5O3/c1-5-33-24(32)22-18(4)29(14-21(31)28-20-12-16(2)11-17(3)13-20)25-26-15-27-30(25)23(22)19-9-7-6-8-10-19/h6-13,15,23H,5,14H2,1-4H3,(H,28,31)/t23-/m1/s1. The minimum Gasteiger partial charge on any atom is -0.463 e. The summed E-state index contributed by atoms with van der Waals surface area (Å²) in [4.78, 5) is 32.1. The summed E-state index contributed by atoms with van der Waals surface area (Å²) in [5.41, 5.74) is 4.78. The number of esters is 1. The van der Waals surface area contributed by atoms with E-state index in [1.807, 2.05) is 69.3 Å². The summed E-state index contributed by atoms with van der Waals surface area (Å²) in [7, 11) is 0. The van der Waals surface area contributed by atoms with E-state index in [2.05, 4.69) is 15.4 Å². The summed E-state index contributed by atoms with van der Waals surface area (Å²) in [6, 6.07) is 15.0. The maximum absolute atomic E-state index is 13.1. The number of aryl methyl sites for hydroxylation is 2. The molecule has 1 aliphatic heterocycles. The van der Waals surface area contributed by atoms with Gasteiger partial charge in [0.2, 0.25) is 11.9 Å². The van der Waals surface area contributed by atoms with Gasteiger partial charge in [-0.05, 0) is 56.5 Å². The highest BCUT2D eigenvalue weighted by molar-refractivity contribution is 5.96. The number of allylic oxidation sites excluding steroid dienone is 1. The van der Waals surface area contributed by atoms with Crippen molar-refractivity contribution in [2.24, 2.45) is 0 Å². The van der Waals surface area contributed by atoms with Gasteiger partial charge in [-0.25, -0.2) is 9.48 Å². The van der Waals surface area contributed by atoms with E-state index in [0.29, 0.717) is 17.2 Å². The number of rotatable bonds is 6. The predicted molar refractivity (Wildman–Crippen MR) is 126 cm³/mol. The number of anilines is 2. The Kier molecular flexibility index (Phi) is 6.26. The van der Waals surface area contributed by atoms with Crippen LogP contribution in [0.25, 0.3) is 0 Å². The summed E-state index contributed by atoms with van der Waals surface area (Å²) >= 11 is 0. The molecule has 0 aliphatic carbocycles. The van der Waals surface area contributed by atoms with Crippen LogP contribution >= 0.6 is 0 Å². The zero-order valence-corrected chi connectivity index (χ0v) is 19.2. The van der Waals surface area contributed by atoms with Gasteiger partial charge in [0.15, 0.2) is 0 Å². The van der Waals surface area contributed by atoms with Gasteiger partial charge in [-0.3, -0.25) is 4.79 Å². The average molecular weight is 446 g/mol. The Morgan fingerprint density at radius 1 is 1.06 bits per heavy atom. The van der Waals surface area contributed by atoms with Gasteiger partial charge in [0.1, 0.15) is 18.9 Å². The molecule has 0 bridgehead atoms. The van der Waals surface area contributed by atoms with Crippen molar-refractivity contribution in [1.82, 2.24) is 14.8 Å². The molecule has 0 radical (unpaired) electrons. The first-order valence-corrected chi connectivity index (χ1v) is 10.9. The van der Waals surface area contributed by atoms with Gasteiger partial charge in [-0.2, -0.15) is 10.1 Å². The second-order valence-corrected chi connectivity index (χ2v) is 8.05. The summed E-state index contributed by atoms with van der Waals surface area (Å²) in [6.07, 6.45) is 1.43. The third-order valence-electron chi connectivity index (χ3n) is 5.53. The maximum atomic E-state index is 13.1. The molecular weight excluding hydrogens is 418 g/mol. The summed E-state index contributed by atoms with van der Waals surface area (Å²) < 4.78 is 7.05. The fourth-order valence-electron chi connectivity index (χ4n) is 4.23. The van der Waals surface area contributed by atoms with E-state index in [4.69, 9.17) is 4.74 Å². The lowest BCUT2D eigenvalue weighted by Crippen LogP contribution is -2.40. The van der Waals surface area contributed by atoms with Crippen molar-refractivity contribution in [2.75, 3.05) is 23.4 Å². The van der Waals surface area contributed by atoms with Crippen LogP contribution in [0.15, 0.2) is 66.1 Å². The van der Waals surface area contributed by atoms with Crippen molar-refractivity contribution >= 4 is 23.5 Å². The Bertz CT molecular complexity index is 1200. The Morgan fingerprint density at radius 3 is 2.42 bits per heavy atom. The van der Waals surface area contributed by atoms with Crippen LogP contribution in [0.2, 0.25) is 0 Å². The highest BCUT2D eigenvalue weighted by Gasteiger charge is 2.38. The molecule has 1 amide bonds. The minimum atomic E-state index is -0.499. The van der Waals surface area contributed by atoms with E-state index in [0.717, 1.165) is 22.4 Å². The van der Waals surface area contributed by atoms with Crippen LogP contribution < -0.4 is 10.2 Å². The van der Waals surface area contributed by atoms with Gasteiger partial charge in [-0.15, -0.1) is 0 Å². The number of carbonyl (C=O) groups excluding carboxylic acids is 2. The number of aromatic nitrogens is 3. The number of hydrogen-bond acceptors (Lipinski definition) is 6. The van der Waals surface area contributed by atoms with Gasteiger partial charge in [0.25, 0.3) is 0 Å². The van der Waals surface area contributed by atoms with Crippen LogP contribution in [-0.4, -0.2) is 39.8 Å². The van der Waals surface area contributed by atoms with E-state index >= 15 is 0 Å². The predicted octanol–water partition coefficient (Wildman–Crippen LogP) is 3.78. The summed E-state index contributed by atoms with van der Waals surface area (Å²) in [6.45, 7) is 7.76. The third-order valence-corrected chi connectivity index (χ3v) is 5.53. The van der Waals surface area contributed by atoms with Gasteiger partial charge in [0, 0.05) is 11.4 Å². The molecule has 1 N–H and O–H groups in total. The van der Waals surface area contributed by atoms with Gasteiger partial charge >= 0.3 is 5.97 Å².